The molecule has 2 rings (SSSR count). The van der Waals surface area contributed by atoms with Gasteiger partial charge in [-0.25, -0.2) is 4.98 Å². The van der Waals surface area contributed by atoms with Crippen molar-refractivity contribution in [2.45, 2.75) is 18.6 Å². The molecule has 0 amide bonds. The van der Waals surface area contributed by atoms with E-state index >= 15 is 0 Å². The van der Waals surface area contributed by atoms with Gasteiger partial charge in [0.1, 0.15) is 0 Å². The summed E-state index contributed by atoms with van der Waals surface area (Å²) in [5, 5.41) is 0. The molecule has 1 aliphatic rings. The van der Waals surface area contributed by atoms with Gasteiger partial charge in [0.2, 0.25) is 5.88 Å². The monoisotopic (exact) mass is 297 g/mol. The molecule has 0 aromatic carbocycles. The zero-order chi connectivity index (χ0) is 13.2. The molecule has 0 radical (unpaired) electrons. The van der Waals surface area contributed by atoms with Crippen LogP contribution in [-0.2, 0) is 0 Å². The number of anilines is 1. The Labute approximate surface area is 115 Å². The normalized spacial score (nSPS) is 19.2. The van der Waals surface area contributed by atoms with E-state index in [0.717, 1.165) is 18.7 Å². The number of hydrogen-bond donors (Lipinski definition) is 1. The summed E-state index contributed by atoms with van der Waals surface area (Å²) in [6.07, 6.45) is -2.04. The van der Waals surface area contributed by atoms with Gasteiger partial charge in [0, 0.05) is 37.1 Å². The fourth-order valence-electron chi connectivity index (χ4n) is 1.85. The minimum atomic E-state index is -4.35. The summed E-state index contributed by atoms with van der Waals surface area (Å²) in [6.45, 7) is 0.162. The molecule has 0 bridgehead atoms. The van der Waals surface area contributed by atoms with Gasteiger partial charge in [-0.1, -0.05) is 0 Å². The van der Waals surface area contributed by atoms with Crippen molar-refractivity contribution < 1.29 is 17.9 Å². The maximum absolute atomic E-state index is 12.0. The minimum absolute atomic E-state index is 0. The Morgan fingerprint density at radius 2 is 2.21 bits per heavy atom. The number of halogens is 4. The average Bonchev–Trinajstić information content (AvgIpc) is 2.73. The second kappa shape index (κ2) is 6.29. The Kier molecular flexibility index (Phi) is 5.25. The van der Waals surface area contributed by atoms with Crippen LogP contribution in [0.3, 0.4) is 0 Å². The van der Waals surface area contributed by atoms with E-state index in [1.54, 1.807) is 6.07 Å². The van der Waals surface area contributed by atoms with Gasteiger partial charge in [-0.15, -0.1) is 12.4 Å². The number of aromatic nitrogens is 1. The van der Waals surface area contributed by atoms with Crippen LogP contribution in [0, 0.1) is 0 Å². The van der Waals surface area contributed by atoms with Crippen molar-refractivity contribution in [1.29, 1.82) is 0 Å². The van der Waals surface area contributed by atoms with E-state index in [1.807, 2.05) is 4.90 Å². The molecule has 1 aromatic heterocycles. The lowest BCUT2D eigenvalue weighted by Crippen LogP contribution is -2.26. The molecule has 1 saturated heterocycles. The fourth-order valence-corrected chi connectivity index (χ4v) is 1.85. The molecular weight excluding hydrogens is 283 g/mol. The van der Waals surface area contributed by atoms with Crippen molar-refractivity contribution in [1.82, 2.24) is 4.98 Å². The summed E-state index contributed by atoms with van der Waals surface area (Å²) in [7, 11) is 0. The third-order valence-electron chi connectivity index (χ3n) is 2.69. The number of pyridine rings is 1. The Bertz CT molecular complexity index is 416. The van der Waals surface area contributed by atoms with Crippen LogP contribution >= 0.6 is 12.4 Å². The Hall–Kier alpha value is -1.21. The zero-order valence-corrected chi connectivity index (χ0v) is 10.9. The smallest absolute Gasteiger partial charge is 0.422 e. The molecule has 1 aromatic rings. The molecule has 0 unspecified atom stereocenters. The predicted molar refractivity (Wildman–Crippen MR) is 67.8 cm³/mol. The van der Waals surface area contributed by atoms with Gasteiger partial charge in [-0.2, -0.15) is 13.2 Å². The highest BCUT2D eigenvalue weighted by Gasteiger charge is 2.28. The van der Waals surface area contributed by atoms with E-state index in [1.165, 1.54) is 12.3 Å². The second-order valence-electron chi connectivity index (χ2n) is 4.25. The van der Waals surface area contributed by atoms with Gasteiger partial charge in [-0.05, 0) is 12.5 Å². The number of alkyl halides is 3. The summed E-state index contributed by atoms with van der Waals surface area (Å²) in [6, 6.07) is 3.35. The molecule has 0 spiro atoms. The Morgan fingerprint density at radius 1 is 1.47 bits per heavy atom. The first-order valence-corrected chi connectivity index (χ1v) is 5.60. The highest BCUT2D eigenvalue weighted by atomic mass is 35.5. The third kappa shape index (κ3) is 4.76. The van der Waals surface area contributed by atoms with Crippen LogP contribution in [0.2, 0.25) is 0 Å². The van der Waals surface area contributed by atoms with Crippen LogP contribution in [0.1, 0.15) is 6.42 Å². The van der Waals surface area contributed by atoms with Gasteiger partial charge < -0.3 is 15.4 Å². The lowest BCUT2D eigenvalue weighted by Gasteiger charge is -2.18. The highest BCUT2D eigenvalue weighted by Crippen LogP contribution is 2.23. The first kappa shape index (κ1) is 15.8. The van der Waals surface area contributed by atoms with E-state index in [9.17, 15) is 13.2 Å². The number of rotatable bonds is 3. The summed E-state index contributed by atoms with van der Waals surface area (Å²) >= 11 is 0. The lowest BCUT2D eigenvalue weighted by atomic mass is 10.3. The van der Waals surface area contributed by atoms with Crippen molar-refractivity contribution in [2.75, 3.05) is 24.6 Å². The van der Waals surface area contributed by atoms with Crippen molar-refractivity contribution in [3.63, 3.8) is 0 Å². The highest BCUT2D eigenvalue weighted by molar-refractivity contribution is 5.85. The van der Waals surface area contributed by atoms with Crippen molar-refractivity contribution >= 4 is 18.1 Å². The maximum Gasteiger partial charge on any atom is 0.422 e. The fraction of sp³-hybridized carbons (Fsp3) is 0.545. The number of hydrogen-bond acceptors (Lipinski definition) is 4. The SMILES string of the molecule is Cl.N[C@@H]1CCN(c2ccnc(OCC(F)(F)F)c2)C1. The Morgan fingerprint density at radius 3 is 2.79 bits per heavy atom. The summed E-state index contributed by atoms with van der Waals surface area (Å²) < 4.78 is 40.6. The molecule has 1 atom stereocenters. The van der Waals surface area contributed by atoms with Crippen LogP contribution in [0.5, 0.6) is 5.88 Å². The van der Waals surface area contributed by atoms with Gasteiger partial charge in [-0.3, -0.25) is 0 Å². The number of nitrogens with zero attached hydrogens (tertiary/aromatic N) is 2. The molecule has 19 heavy (non-hydrogen) atoms. The van der Waals surface area contributed by atoms with Crippen LogP contribution in [-0.4, -0.2) is 36.9 Å². The second-order valence-corrected chi connectivity index (χ2v) is 4.25. The molecule has 0 saturated carbocycles. The van der Waals surface area contributed by atoms with Crippen LogP contribution in [0.15, 0.2) is 18.3 Å². The molecule has 2 heterocycles. The molecule has 0 aliphatic carbocycles. The first-order valence-electron chi connectivity index (χ1n) is 5.60. The standard InChI is InChI=1S/C11H14F3N3O.ClH/c12-11(13,14)7-18-10-5-9(1-3-16-10)17-4-2-8(15)6-17;/h1,3,5,8H,2,4,6-7,15H2;1H/t8-;/m1./s1. The number of nitrogens with two attached hydrogens (primary N) is 1. The third-order valence-corrected chi connectivity index (χ3v) is 2.69. The van der Waals surface area contributed by atoms with E-state index in [-0.39, 0.29) is 24.3 Å². The van der Waals surface area contributed by atoms with Gasteiger partial charge in [0.05, 0.1) is 0 Å². The quantitative estimate of drug-likeness (QED) is 0.927. The molecule has 8 heteroatoms. The average molecular weight is 298 g/mol. The minimum Gasteiger partial charge on any atom is -0.468 e. The lowest BCUT2D eigenvalue weighted by molar-refractivity contribution is -0.154. The predicted octanol–water partition coefficient (Wildman–Crippen LogP) is 1.98. The van der Waals surface area contributed by atoms with E-state index in [2.05, 4.69) is 9.72 Å². The number of ether oxygens (including phenoxy) is 1. The summed E-state index contributed by atoms with van der Waals surface area (Å²) in [4.78, 5) is 5.76. The van der Waals surface area contributed by atoms with E-state index in [0.29, 0.717) is 6.54 Å². The molecular formula is C11H15ClF3N3O. The Balaban J connectivity index is 0.00000180. The molecule has 1 aliphatic heterocycles. The van der Waals surface area contributed by atoms with Gasteiger partial charge >= 0.3 is 6.18 Å². The van der Waals surface area contributed by atoms with Crippen LogP contribution < -0.4 is 15.4 Å². The van der Waals surface area contributed by atoms with Gasteiger partial charge in [0.15, 0.2) is 6.61 Å². The molecule has 108 valence electrons. The van der Waals surface area contributed by atoms with Crippen LogP contribution in [0.4, 0.5) is 18.9 Å². The first-order chi connectivity index (χ1) is 8.44. The largest absolute Gasteiger partial charge is 0.468 e. The zero-order valence-electron chi connectivity index (χ0n) is 10.1. The van der Waals surface area contributed by atoms with Crippen molar-refractivity contribution in [3.05, 3.63) is 18.3 Å². The summed E-state index contributed by atoms with van der Waals surface area (Å²) in [5.74, 6) is -0.0229. The van der Waals surface area contributed by atoms with Crippen molar-refractivity contribution in [3.8, 4) is 5.88 Å². The molecule has 2 N–H and O–H groups in total. The molecule has 1 fully saturated rings. The topological polar surface area (TPSA) is 51.4 Å². The molecule has 4 nitrogen and oxygen atoms in total. The maximum atomic E-state index is 12.0. The van der Waals surface area contributed by atoms with Crippen molar-refractivity contribution in [2.24, 2.45) is 5.73 Å². The van der Waals surface area contributed by atoms with Crippen LogP contribution in [0.25, 0.3) is 0 Å². The van der Waals surface area contributed by atoms with Gasteiger partial charge in [0.25, 0.3) is 0 Å². The van der Waals surface area contributed by atoms with E-state index < -0.39 is 12.8 Å². The van der Waals surface area contributed by atoms with E-state index in [4.69, 9.17) is 5.73 Å². The summed E-state index contributed by atoms with van der Waals surface area (Å²) in [5.41, 5.74) is 6.57.